The van der Waals surface area contributed by atoms with E-state index in [4.69, 9.17) is 4.42 Å². The molecule has 0 atom stereocenters. The third-order valence-electron chi connectivity index (χ3n) is 5.77. The number of amides is 1. The van der Waals surface area contributed by atoms with Gasteiger partial charge >= 0.3 is 0 Å². The Morgan fingerprint density at radius 2 is 1.52 bits per heavy atom. The van der Waals surface area contributed by atoms with Crippen LogP contribution in [0.3, 0.4) is 0 Å². The highest BCUT2D eigenvalue weighted by molar-refractivity contribution is 5.94. The van der Waals surface area contributed by atoms with Gasteiger partial charge in [0.15, 0.2) is 5.82 Å². The fourth-order valence-electron chi connectivity index (χ4n) is 3.86. The molecule has 1 fully saturated rings. The van der Waals surface area contributed by atoms with Gasteiger partial charge in [-0.05, 0) is 50.2 Å². The van der Waals surface area contributed by atoms with Crippen LogP contribution in [0.5, 0.6) is 0 Å². The molecule has 168 valence electrons. The predicted molar refractivity (Wildman–Crippen MR) is 122 cm³/mol. The van der Waals surface area contributed by atoms with E-state index in [9.17, 15) is 4.79 Å². The summed E-state index contributed by atoms with van der Waals surface area (Å²) in [6.45, 7) is 7.55. The van der Waals surface area contributed by atoms with E-state index >= 15 is 0 Å². The smallest absolute Gasteiger partial charge is 0.253 e. The average molecular weight is 444 g/mol. The molecule has 0 radical (unpaired) electrons. The number of piperazine rings is 1. The number of hydrogen-bond acceptors (Lipinski definition) is 7. The number of nitrogens with one attached hydrogen (secondary N) is 1. The molecule has 2 aromatic heterocycles. The maximum absolute atomic E-state index is 13.0. The van der Waals surface area contributed by atoms with Crippen LogP contribution in [-0.4, -0.2) is 67.3 Å². The summed E-state index contributed by atoms with van der Waals surface area (Å²) >= 11 is 0. The van der Waals surface area contributed by atoms with E-state index in [0.29, 0.717) is 37.0 Å². The first-order chi connectivity index (χ1) is 16.0. The summed E-state index contributed by atoms with van der Waals surface area (Å²) in [5.41, 5.74) is 3.48. The third-order valence-corrected chi connectivity index (χ3v) is 5.77. The first kappa shape index (κ1) is 21.0. The molecule has 2 aromatic carbocycles. The molecule has 3 heterocycles. The van der Waals surface area contributed by atoms with E-state index in [1.54, 1.807) is 0 Å². The summed E-state index contributed by atoms with van der Waals surface area (Å²) in [6, 6.07) is 15.3. The maximum atomic E-state index is 13.0. The fourth-order valence-corrected chi connectivity index (χ4v) is 3.86. The summed E-state index contributed by atoms with van der Waals surface area (Å²) < 4.78 is 5.84. The summed E-state index contributed by atoms with van der Waals surface area (Å²) in [5.74, 6) is 2.54. The van der Waals surface area contributed by atoms with Crippen molar-refractivity contribution in [1.29, 1.82) is 0 Å². The zero-order chi connectivity index (χ0) is 22.8. The summed E-state index contributed by atoms with van der Waals surface area (Å²) in [6.07, 6.45) is 0. The molecular weight excluding hydrogens is 418 g/mol. The molecule has 0 saturated carbocycles. The molecule has 0 aliphatic carbocycles. The second kappa shape index (κ2) is 8.95. The predicted octanol–water partition coefficient (Wildman–Crippen LogP) is 3.10. The fraction of sp³-hybridized carbons (Fsp3) is 0.292. The Balaban J connectivity index is 1.20. The molecule has 33 heavy (non-hydrogen) atoms. The Morgan fingerprint density at radius 3 is 2.09 bits per heavy atom. The van der Waals surface area contributed by atoms with Crippen molar-refractivity contribution in [1.82, 2.24) is 35.2 Å². The van der Waals surface area contributed by atoms with Crippen molar-refractivity contribution in [2.75, 3.05) is 26.2 Å². The molecule has 9 nitrogen and oxygen atoms in total. The van der Waals surface area contributed by atoms with Gasteiger partial charge in [0.25, 0.3) is 5.91 Å². The van der Waals surface area contributed by atoms with Gasteiger partial charge in [-0.25, -0.2) is 4.98 Å². The number of aromatic amines is 1. The van der Waals surface area contributed by atoms with Gasteiger partial charge in [-0.1, -0.05) is 17.7 Å². The molecule has 9 heteroatoms. The van der Waals surface area contributed by atoms with Gasteiger partial charge in [-0.3, -0.25) is 14.8 Å². The van der Waals surface area contributed by atoms with E-state index in [-0.39, 0.29) is 5.91 Å². The van der Waals surface area contributed by atoms with Crippen molar-refractivity contribution < 1.29 is 9.21 Å². The quantitative estimate of drug-likeness (QED) is 0.505. The van der Waals surface area contributed by atoms with E-state index in [2.05, 4.69) is 30.3 Å². The summed E-state index contributed by atoms with van der Waals surface area (Å²) in [4.78, 5) is 21.5. The lowest BCUT2D eigenvalue weighted by atomic mass is 10.1. The second-order valence-electron chi connectivity index (χ2n) is 8.26. The van der Waals surface area contributed by atoms with Gasteiger partial charge in [0.1, 0.15) is 5.82 Å². The Kier molecular flexibility index (Phi) is 5.70. The Bertz CT molecular complexity index is 1240. The zero-order valence-electron chi connectivity index (χ0n) is 18.7. The van der Waals surface area contributed by atoms with Gasteiger partial charge in [0, 0.05) is 42.9 Å². The number of nitrogens with zero attached hydrogens (tertiary/aromatic N) is 6. The van der Waals surface area contributed by atoms with Gasteiger partial charge in [0.05, 0.1) is 6.54 Å². The number of H-pyrrole nitrogens is 1. The van der Waals surface area contributed by atoms with Gasteiger partial charge in [-0.2, -0.15) is 5.10 Å². The van der Waals surface area contributed by atoms with E-state index in [0.717, 1.165) is 35.9 Å². The highest BCUT2D eigenvalue weighted by Gasteiger charge is 2.23. The molecule has 1 aliphatic rings. The average Bonchev–Trinajstić information content (AvgIpc) is 3.49. The van der Waals surface area contributed by atoms with Gasteiger partial charge in [0.2, 0.25) is 11.8 Å². The number of carbonyl (C=O) groups is 1. The molecule has 1 N–H and O–H groups in total. The number of aryl methyl sites for hydroxylation is 2. The molecule has 0 unspecified atom stereocenters. The lowest BCUT2D eigenvalue weighted by molar-refractivity contribution is 0.0625. The van der Waals surface area contributed by atoms with E-state index < -0.39 is 0 Å². The van der Waals surface area contributed by atoms with E-state index in [1.807, 2.05) is 67.3 Å². The van der Waals surface area contributed by atoms with Crippen LogP contribution < -0.4 is 0 Å². The Hall–Kier alpha value is -3.85. The number of carbonyl (C=O) groups excluding carboxylic acids is 1. The maximum Gasteiger partial charge on any atom is 0.253 e. The normalized spacial score (nSPS) is 14.5. The van der Waals surface area contributed by atoms with Crippen molar-refractivity contribution in [3.05, 3.63) is 71.3 Å². The lowest BCUT2D eigenvalue weighted by Gasteiger charge is -2.34. The van der Waals surface area contributed by atoms with Crippen LogP contribution in [0.25, 0.3) is 22.9 Å². The van der Waals surface area contributed by atoms with Crippen molar-refractivity contribution in [3.63, 3.8) is 0 Å². The Labute approximate surface area is 191 Å². The van der Waals surface area contributed by atoms with E-state index in [1.165, 1.54) is 5.56 Å². The van der Waals surface area contributed by atoms with Crippen molar-refractivity contribution in [3.8, 4) is 22.9 Å². The number of rotatable bonds is 5. The van der Waals surface area contributed by atoms with Crippen LogP contribution in [0.4, 0.5) is 0 Å². The van der Waals surface area contributed by atoms with Crippen LogP contribution in [0.1, 0.15) is 27.6 Å². The van der Waals surface area contributed by atoms with Crippen molar-refractivity contribution in [2.24, 2.45) is 0 Å². The largest absolute Gasteiger partial charge is 0.416 e. The number of aromatic nitrogens is 5. The molecule has 4 aromatic rings. The molecular formula is C24H25N7O2. The highest BCUT2D eigenvalue weighted by Crippen LogP contribution is 2.24. The molecule has 1 saturated heterocycles. The van der Waals surface area contributed by atoms with Gasteiger partial charge < -0.3 is 9.32 Å². The SMILES string of the molecule is Cc1ccc(-c2nnc(-c3ccc(C(=O)N4CCN(Cc5n[nH]c(C)n5)CC4)cc3)o2)cc1. The summed E-state index contributed by atoms with van der Waals surface area (Å²) in [7, 11) is 0. The molecule has 0 bridgehead atoms. The molecule has 1 amide bonds. The lowest BCUT2D eigenvalue weighted by Crippen LogP contribution is -2.48. The molecule has 5 rings (SSSR count). The van der Waals surface area contributed by atoms with Crippen LogP contribution >= 0.6 is 0 Å². The van der Waals surface area contributed by atoms with Crippen molar-refractivity contribution in [2.45, 2.75) is 20.4 Å². The van der Waals surface area contributed by atoms with Crippen LogP contribution in [-0.2, 0) is 6.54 Å². The third kappa shape index (κ3) is 4.68. The summed E-state index contributed by atoms with van der Waals surface area (Å²) in [5, 5.41) is 15.4. The topological polar surface area (TPSA) is 104 Å². The second-order valence-corrected chi connectivity index (χ2v) is 8.26. The van der Waals surface area contributed by atoms with Crippen molar-refractivity contribution >= 4 is 5.91 Å². The first-order valence-corrected chi connectivity index (χ1v) is 11.0. The first-order valence-electron chi connectivity index (χ1n) is 11.0. The highest BCUT2D eigenvalue weighted by atomic mass is 16.4. The monoisotopic (exact) mass is 443 g/mol. The molecule has 0 spiro atoms. The van der Waals surface area contributed by atoms with Gasteiger partial charge in [-0.15, -0.1) is 10.2 Å². The standard InChI is InChI=1S/C24H25N7O2/c1-16-3-5-18(6-4-16)22-28-29-23(33-22)19-7-9-20(10-8-19)24(32)31-13-11-30(12-14-31)15-21-25-17(2)26-27-21/h3-10H,11-15H2,1-2H3,(H,25,26,27). The minimum absolute atomic E-state index is 0.0285. The zero-order valence-corrected chi connectivity index (χ0v) is 18.7. The van der Waals surface area contributed by atoms with Crippen LogP contribution in [0.2, 0.25) is 0 Å². The number of benzene rings is 2. The van der Waals surface area contributed by atoms with Crippen LogP contribution in [0.15, 0.2) is 52.9 Å². The number of hydrogen-bond donors (Lipinski definition) is 1. The minimum atomic E-state index is 0.0285. The minimum Gasteiger partial charge on any atom is -0.416 e. The Morgan fingerprint density at radius 1 is 0.909 bits per heavy atom. The molecule has 1 aliphatic heterocycles. The van der Waals surface area contributed by atoms with Crippen LogP contribution in [0, 0.1) is 13.8 Å².